The van der Waals surface area contributed by atoms with Gasteiger partial charge in [0.2, 0.25) is 5.95 Å². The van der Waals surface area contributed by atoms with E-state index in [2.05, 4.69) is 20.4 Å². The molecule has 0 aliphatic rings. The summed E-state index contributed by atoms with van der Waals surface area (Å²) in [6.07, 6.45) is 1.73. The smallest absolute Gasteiger partial charge is 0.260 e. The van der Waals surface area contributed by atoms with Gasteiger partial charge in [0.15, 0.2) is 0 Å². The van der Waals surface area contributed by atoms with Crippen LogP contribution in [0.1, 0.15) is 5.69 Å². The molecular formula is C13H13N5O. The van der Waals surface area contributed by atoms with Gasteiger partial charge in [0.1, 0.15) is 0 Å². The topological polar surface area (TPSA) is 75.6 Å². The summed E-state index contributed by atoms with van der Waals surface area (Å²) in [5, 5.41) is 7.77. The standard InChI is InChI=1S/C13H13N5O/c1-18-9(6-7-15-18)8-14-13-16-11-5-3-2-4-10(11)12(19)17-13/h2-7H,8H2,1H3,(H2,14,16,17,19). The predicted octanol–water partition coefficient (Wildman–Crippen LogP) is 1.27. The second kappa shape index (κ2) is 4.56. The van der Waals surface area contributed by atoms with Crippen molar-refractivity contribution in [2.24, 2.45) is 7.05 Å². The van der Waals surface area contributed by atoms with Crippen LogP contribution in [0.5, 0.6) is 0 Å². The lowest BCUT2D eigenvalue weighted by Gasteiger charge is -2.06. The summed E-state index contributed by atoms with van der Waals surface area (Å²) in [5.41, 5.74) is 1.55. The van der Waals surface area contributed by atoms with Gasteiger partial charge in [-0.2, -0.15) is 5.10 Å². The highest BCUT2D eigenvalue weighted by Crippen LogP contribution is 2.08. The minimum Gasteiger partial charge on any atom is -0.350 e. The van der Waals surface area contributed by atoms with Crippen molar-refractivity contribution < 1.29 is 0 Å². The molecule has 2 heterocycles. The zero-order chi connectivity index (χ0) is 13.2. The van der Waals surface area contributed by atoms with Crippen molar-refractivity contribution in [3.05, 3.63) is 52.6 Å². The van der Waals surface area contributed by atoms with Crippen molar-refractivity contribution in [3.63, 3.8) is 0 Å². The van der Waals surface area contributed by atoms with Crippen LogP contribution in [0.4, 0.5) is 5.95 Å². The number of benzene rings is 1. The van der Waals surface area contributed by atoms with Gasteiger partial charge in [-0.25, -0.2) is 4.98 Å². The van der Waals surface area contributed by atoms with E-state index in [4.69, 9.17) is 0 Å². The van der Waals surface area contributed by atoms with Crippen molar-refractivity contribution in [3.8, 4) is 0 Å². The Bertz CT molecular complexity index is 774. The molecule has 2 aromatic heterocycles. The monoisotopic (exact) mass is 255 g/mol. The van der Waals surface area contributed by atoms with Crippen LogP contribution in [-0.2, 0) is 13.6 Å². The molecule has 6 nitrogen and oxygen atoms in total. The Morgan fingerprint density at radius 1 is 1.32 bits per heavy atom. The maximum atomic E-state index is 11.9. The van der Waals surface area contributed by atoms with Gasteiger partial charge < -0.3 is 5.32 Å². The second-order valence-electron chi connectivity index (χ2n) is 4.23. The van der Waals surface area contributed by atoms with Gasteiger partial charge >= 0.3 is 0 Å². The molecule has 0 atom stereocenters. The maximum absolute atomic E-state index is 11.9. The summed E-state index contributed by atoms with van der Waals surface area (Å²) >= 11 is 0. The Morgan fingerprint density at radius 2 is 2.16 bits per heavy atom. The third kappa shape index (κ3) is 2.20. The Morgan fingerprint density at radius 3 is 2.95 bits per heavy atom. The molecule has 0 unspecified atom stereocenters. The number of aryl methyl sites for hydroxylation is 1. The number of H-pyrrole nitrogens is 1. The summed E-state index contributed by atoms with van der Waals surface area (Å²) in [6.45, 7) is 0.553. The van der Waals surface area contributed by atoms with E-state index in [1.165, 1.54) is 0 Å². The Kier molecular flexibility index (Phi) is 2.75. The fourth-order valence-electron chi connectivity index (χ4n) is 1.92. The molecule has 96 valence electrons. The third-order valence-electron chi connectivity index (χ3n) is 2.97. The molecule has 0 saturated heterocycles. The predicted molar refractivity (Wildman–Crippen MR) is 72.9 cm³/mol. The summed E-state index contributed by atoms with van der Waals surface area (Å²) in [7, 11) is 1.87. The van der Waals surface area contributed by atoms with Gasteiger partial charge in [-0.1, -0.05) is 12.1 Å². The Balaban J connectivity index is 1.90. The first-order valence-corrected chi connectivity index (χ1v) is 5.94. The Hall–Kier alpha value is -2.63. The molecule has 0 radical (unpaired) electrons. The molecule has 19 heavy (non-hydrogen) atoms. The number of fused-ring (bicyclic) bond motifs is 1. The molecular weight excluding hydrogens is 242 g/mol. The van der Waals surface area contributed by atoms with E-state index >= 15 is 0 Å². The van der Waals surface area contributed by atoms with Crippen LogP contribution in [0.2, 0.25) is 0 Å². The minimum absolute atomic E-state index is 0.141. The van der Waals surface area contributed by atoms with Crippen LogP contribution < -0.4 is 10.9 Å². The number of para-hydroxylation sites is 1. The lowest BCUT2D eigenvalue weighted by atomic mass is 10.2. The summed E-state index contributed by atoms with van der Waals surface area (Å²) in [6, 6.07) is 9.17. The molecule has 0 aliphatic heterocycles. The molecule has 3 aromatic rings. The largest absolute Gasteiger partial charge is 0.350 e. The van der Waals surface area contributed by atoms with Crippen LogP contribution in [0.3, 0.4) is 0 Å². The number of aromatic nitrogens is 4. The van der Waals surface area contributed by atoms with E-state index in [0.29, 0.717) is 23.4 Å². The number of hydrogen-bond donors (Lipinski definition) is 2. The quantitative estimate of drug-likeness (QED) is 0.739. The second-order valence-corrected chi connectivity index (χ2v) is 4.23. The fourth-order valence-corrected chi connectivity index (χ4v) is 1.92. The molecule has 0 spiro atoms. The average molecular weight is 255 g/mol. The first kappa shape index (κ1) is 11.5. The molecule has 3 rings (SSSR count). The Labute approximate surface area is 109 Å². The van der Waals surface area contributed by atoms with E-state index in [1.807, 2.05) is 31.3 Å². The van der Waals surface area contributed by atoms with E-state index in [1.54, 1.807) is 16.9 Å². The lowest BCUT2D eigenvalue weighted by molar-refractivity contribution is 0.719. The van der Waals surface area contributed by atoms with Gasteiger partial charge in [-0.05, 0) is 18.2 Å². The summed E-state index contributed by atoms with van der Waals surface area (Å²) in [5.74, 6) is 0.463. The zero-order valence-electron chi connectivity index (χ0n) is 10.4. The highest BCUT2D eigenvalue weighted by molar-refractivity contribution is 5.78. The zero-order valence-corrected chi connectivity index (χ0v) is 10.4. The van der Waals surface area contributed by atoms with Crippen LogP contribution in [0, 0.1) is 0 Å². The normalized spacial score (nSPS) is 10.8. The van der Waals surface area contributed by atoms with Crippen LogP contribution in [0.25, 0.3) is 10.9 Å². The lowest BCUT2D eigenvalue weighted by Crippen LogP contribution is -2.14. The van der Waals surface area contributed by atoms with Gasteiger partial charge in [0, 0.05) is 13.2 Å². The molecule has 1 aromatic carbocycles. The molecule has 2 N–H and O–H groups in total. The first-order valence-electron chi connectivity index (χ1n) is 5.94. The van der Waals surface area contributed by atoms with E-state index in [-0.39, 0.29) is 5.56 Å². The maximum Gasteiger partial charge on any atom is 0.260 e. The highest BCUT2D eigenvalue weighted by atomic mass is 16.1. The number of nitrogens with one attached hydrogen (secondary N) is 2. The van der Waals surface area contributed by atoms with E-state index in [9.17, 15) is 4.79 Å². The van der Waals surface area contributed by atoms with Crippen molar-refractivity contribution >= 4 is 16.9 Å². The van der Waals surface area contributed by atoms with Crippen molar-refractivity contribution in [2.75, 3.05) is 5.32 Å². The van der Waals surface area contributed by atoms with Crippen molar-refractivity contribution in [1.29, 1.82) is 0 Å². The first-order chi connectivity index (χ1) is 9.24. The summed E-state index contributed by atoms with van der Waals surface area (Å²) in [4.78, 5) is 19.0. The molecule has 0 bridgehead atoms. The molecule has 0 amide bonds. The van der Waals surface area contributed by atoms with E-state index < -0.39 is 0 Å². The third-order valence-corrected chi connectivity index (χ3v) is 2.97. The number of rotatable bonds is 3. The molecule has 0 saturated carbocycles. The number of nitrogens with zero attached hydrogens (tertiary/aromatic N) is 3. The number of hydrogen-bond acceptors (Lipinski definition) is 4. The minimum atomic E-state index is -0.141. The SMILES string of the molecule is Cn1nccc1CNc1nc2ccccc2c(=O)[nH]1. The number of anilines is 1. The van der Waals surface area contributed by atoms with Gasteiger partial charge in [0.25, 0.3) is 5.56 Å². The molecule has 0 fully saturated rings. The fraction of sp³-hybridized carbons (Fsp3) is 0.154. The van der Waals surface area contributed by atoms with E-state index in [0.717, 1.165) is 5.69 Å². The van der Waals surface area contributed by atoms with Crippen molar-refractivity contribution in [1.82, 2.24) is 19.7 Å². The van der Waals surface area contributed by atoms with Gasteiger partial charge in [-0.15, -0.1) is 0 Å². The summed E-state index contributed by atoms with van der Waals surface area (Å²) < 4.78 is 1.77. The average Bonchev–Trinajstić information content (AvgIpc) is 2.82. The van der Waals surface area contributed by atoms with Crippen LogP contribution in [0.15, 0.2) is 41.3 Å². The van der Waals surface area contributed by atoms with Gasteiger partial charge in [-0.3, -0.25) is 14.5 Å². The van der Waals surface area contributed by atoms with Crippen LogP contribution in [-0.4, -0.2) is 19.7 Å². The van der Waals surface area contributed by atoms with Crippen molar-refractivity contribution in [2.45, 2.75) is 6.54 Å². The number of aromatic amines is 1. The van der Waals surface area contributed by atoms with Crippen LogP contribution >= 0.6 is 0 Å². The van der Waals surface area contributed by atoms with Gasteiger partial charge in [0.05, 0.1) is 23.1 Å². The highest BCUT2D eigenvalue weighted by Gasteiger charge is 2.03. The molecule has 6 heteroatoms. The molecule has 0 aliphatic carbocycles.